The van der Waals surface area contributed by atoms with Gasteiger partial charge < -0.3 is 14.2 Å². The number of benzene rings is 1. The van der Waals surface area contributed by atoms with Crippen LogP contribution in [-0.2, 0) is 46.4 Å². The van der Waals surface area contributed by atoms with Crippen molar-refractivity contribution < 1.29 is 36.6 Å². The van der Waals surface area contributed by atoms with Crippen LogP contribution in [0.3, 0.4) is 0 Å². The lowest BCUT2D eigenvalue weighted by atomic mass is 10.0. The van der Waals surface area contributed by atoms with Crippen LogP contribution >= 0.6 is 23.1 Å². The van der Waals surface area contributed by atoms with Gasteiger partial charge in [-0.15, -0.1) is 23.1 Å². The van der Waals surface area contributed by atoms with Crippen LogP contribution in [0.2, 0.25) is 0 Å². The monoisotopic (exact) mass is 553 g/mol. The molecule has 12 nitrogen and oxygen atoms in total. The molecule has 36 heavy (non-hydrogen) atoms. The topological polar surface area (TPSA) is 162 Å². The molecule has 1 aromatic carbocycles. The van der Waals surface area contributed by atoms with Crippen LogP contribution in [0, 0.1) is 10.1 Å². The van der Waals surface area contributed by atoms with Crippen LogP contribution < -0.4 is 5.32 Å². The molecule has 0 bridgehead atoms. The molecule has 0 saturated carbocycles. The Morgan fingerprint density at radius 1 is 1.25 bits per heavy atom. The van der Waals surface area contributed by atoms with Gasteiger partial charge in [0.05, 0.1) is 23.4 Å². The van der Waals surface area contributed by atoms with E-state index in [0.717, 1.165) is 27.8 Å². The van der Waals surface area contributed by atoms with Crippen molar-refractivity contribution in [3.8, 4) is 0 Å². The molecular formula is C21H19N3O9S3. The van der Waals surface area contributed by atoms with Gasteiger partial charge in [0.25, 0.3) is 11.6 Å². The molecule has 2 atom stereocenters. The number of rotatable bonds is 9. The summed E-state index contributed by atoms with van der Waals surface area (Å²) in [5, 5.41) is 14.6. The molecule has 1 aromatic heterocycles. The standard InChI is InChI=1S/C21H19N3O9S3/c1-36(30,31)33-15-11-35-20-17(22-16(25)9-14-3-2-8-34-14)19(26)23(20)18(15)21(27)32-10-12-4-6-13(7-5-12)24(28)29/h2-8,17,20H,9-11H2,1H3,(H,22,25)/t17?,20-/m1/s1. The van der Waals surface area contributed by atoms with Gasteiger partial charge in [-0.05, 0) is 29.1 Å². The number of β-lactam (4-membered cyclic amide) rings is 1. The van der Waals surface area contributed by atoms with Crippen LogP contribution in [0.25, 0.3) is 0 Å². The van der Waals surface area contributed by atoms with Gasteiger partial charge in [0, 0.05) is 17.0 Å². The number of hydrogen-bond donors (Lipinski definition) is 1. The summed E-state index contributed by atoms with van der Waals surface area (Å²) in [6.07, 6.45) is 0.906. The highest BCUT2D eigenvalue weighted by molar-refractivity contribution is 8.00. The fourth-order valence-electron chi connectivity index (χ4n) is 3.55. The first kappa shape index (κ1) is 25.7. The first-order valence-electron chi connectivity index (χ1n) is 10.3. The zero-order valence-corrected chi connectivity index (χ0v) is 21.1. The molecule has 2 aliphatic heterocycles. The second-order valence-corrected chi connectivity index (χ2v) is 11.5. The van der Waals surface area contributed by atoms with Gasteiger partial charge in [0.2, 0.25) is 5.91 Å². The molecule has 1 unspecified atom stereocenters. The third-order valence-electron chi connectivity index (χ3n) is 5.13. The van der Waals surface area contributed by atoms with Crippen molar-refractivity contribution >= 4 is 56.7 Å². The van der Waals surface area contributed by atoms with Crippen molar-refractivity contribution in [1.82, 2.24) is 10.2 Å². The Kier molecular flexibility index (Phi) is 7.33. The number of thiophene rings is 1. The molecule has 2 amide bonds. The third kappa shape index (κ3) is 5.68. The van der Waals surface area contributed by atoms with E-state index in [2.05, 4.69) is 5.32 Å². The number of nitrogens with zero attached hydrogens (tertiary/aromatic N) is 2. The maximum Gasteiger partial charge on any atom is 0.359 e. The highest BCUT2D eigenvalue weighted by Crippen LogP contribution is 2.41. The summed E-state index contributed by atoms with van der Waals surface area (Å²) >= 11 is 2.54. The summed E-state index contributed by atoms with van der Waals surface area (Å²) in [4.78, 5) is 50.4. The Hall–Kier alpha value is -3.43. The molecule has 1 saturated heterocycles. The quantitative estimate of drug-likeness (QED) is 0.158. The smallest absolute Gasteiger partial charge is 0.359 e. The highest BCUT2D eigenvalue weighted by Gasteiger charge is 2.55. The van der Waals surface area contributed by atoms with E-state index in [-0.39, 0.29) is 41.8 Å². The lowest BCUT2D eigenvalue weighted by Gasteiger charge is -2.49. The Labute approximate surface area is 213 Å². The number of nitro groups is 1. The number of carbonyl (C=O) groups excluding carboxylic acids is 3. The Bertz CT molecular complexity index is 1340. The van der Waals surface area contributed by atoms with Crippen LogP contribution in [0.5, 0.6) is 0 Å². The average molecular weight is 554 g/mol. The fraction of sp³-hybridized carbons (Fsp3) is 0.286. The number of hydrogen-bond acceptors (Lipinski definition) is 11. The second-order valence-electron chi connectivity index (χ2n) is 7.77. The number of thioether (sulfide) groups is 1. The molecule has 0 radical (unpaired) electrons. The van der Waals surface area contributed by atoms with E-state index in [4.69, 9.17) is 8.92 Å². The van der Waals surface area contributed by atoms with Crippen molar-refractivity contribution in [1.29, 1.82) is 0 Å². The van der Waals surface area contributed by atoms with E-state index in [9.17, 15) is 32.9 Å². The highest BCUT2D eigenvalue weighted by atomic mass is 32.2. The summed E-state index contributed by atoms with van der Waals surface area (Å²) in [5.41, 5.74) is -0.0579. The van der Waals surface area contributed by atoms with E-state index >= 15 is 0 Å². The van der Waals surface area contributed by atoms with Gasteiger partial charge in [-0.3, -0.25) is 24.6 Å². The Balaban J connectivity index is 1.49. The number of esters is 1. The SMILES string of the molecule is CS(=O)(=O)OC1=C(C(=O)OCc2ccc([N+](=O)[O-])cc2)N2C(=O)C(NC(=O)Cc3cccs3)[C@H]2SC1. The van der Waals surface area contributed by atoms with Crippen LogP contribution in [0.1, 0.15) is 10.4 Å². The van der Waals surface area contributed by atoms with E-state index in [0.29, 0.717) is 5.56 Å². The minimum Gasteiger partial charge on any atom is -0.456 e. The van der Waals surface area contributed by atoms with E-state index in [1.807, 2.05) is 11.4 Å². The minimum atomic E-state index is -4.02. The van der Waals surface area contributed by atoms with E-state index in [1.165, 1.54) is 35.6 Å². The van der Waals surface area contributed by atoms with Crippen molar-refractivity contribution in [2.75, 3.05) is 12.0 Å². The molecule has 0 spiro atoms. The third-order valence-corrected chi connectivity index (χ3v) is 7.76. The lowest BCUT2D eigenvalue weighted by Crippen LogP contribution is -2.70. The second kappa shape index (κ2) is 10.3. The van der Waals surface area contributed by atoms with E-state index < -0.39 is 38.3 Å². The van der Waals surface area contributed by atoms with Crippen LogP contribution in [0.15, 0.2) is 53.2 Å². The first-order chi connectivity index (χ1) is 17.0. The molecule has 3 heterocycles. The molecule has 1 N–H and O–H groups in total. The van der Waals surface area contributed by atoms with Crippen molar-refractivity contribution in [2.24, 2.45) is 0 Å². The van der Waals surface area contributed by atoms with Gasteiger partial charge in [-0.2, -0.15) is 8.42 Å². The van der Waals surface area contributed by atoms with Crippen LogP contribution in [0.4, 0.5) is 5.69 Å². The average Bonchev–Trinajstić information content (AvgIpc) is 3.33. The van der Waals surface area contributed by atoms with Gasteiger partial charge >= 0.3 is 16.1 Å². The van der Waals surface area contributed by atoms with Gasteiger partial charge in [0.15, 0.2) is 11.5 Å². The van der Waals surface area contributed by atoms with Gasteiger partial charge in [-0.1, -0.05) is 6.07 Å². The maximum atomic E-state index is 13.0. The maximum absolute atomic E-state index is 13.0. The molecule has 2 aromatic rings. The Morgan fingerprint density at radius 2 is 1.97 bits per heavy atom. The van der Waals surface area contributed by atoms with Gasteiger partial charge in [0.1, 0.15) is 18.0 Å². The number of fused-ring (bicyclic) bond motifs is 1. The number of nitrogens with one attached hydrogen (secondary N) is 1. The summed E-state index contributed by atoms with van der Waals surface area (Å²) < 4.78 is 33.7. The summed E-state index contributed by atoms with van der Waals surface area (Å²) in [5.74, 6) is -2.29. The summed E-state index contributed by atoms with van der Waals surface area (Å²) in [6, 6.07) is 8.00. The number of non-ortho nitro benzene ring substituents is 1. The number of carbonyl (C=O) groups is 3. The minimum absolute atomic E-state index is 0.0548. The van der Waals surface area contributed by atoms with Crippen molar-refractivity contribution in [3.05, 3.63) is 73.8 Å². The number of ether oxygens (including phenoxy) is 1. The molecule has 4 rings (SSSR count). The molecule has 190 valence electrons. The lowest BCUT2D eigenvalue weighted by molar-refractivity contribution is -0.384. The molecule has 15 heteroatoms. The summed E-state index contributed by atoms with van der Waals surface area (Å²) in [7, 11) is -4.02. The molecule has 0 aliphatic carbocycles. The Morgan fingerprint density at radius 3 is 2.58 bits per heavy atom. The molecule has 1 fully saturated rings. The van der Waals surface area contributed by atoms with E-state index in [1.54, 1.807) is 6.07 Å². The number of nitro benzene ring substituents is 1. The zero-order chi connectivity index (χ0) is 26.0. The molecule has 2 aliphatic rings. The normalized spacial score (nSPS) is 19.2. The first-order valence-corrected chi connectivity index (χ1v) is 14.1. The van der Waals surface area contributed by atoms with Crippen molar-refractivity contribution in [3.63, 3.8) is 0 Å². The predicted octanol–water partition coefficient (Wildman–Crippen LogP) is 1.53. The predicted molar refractivity (Wildman–Crippen MR) is 129 cm³/mol. The fourth-order valence-corrected chi connectivity index (χ4v) is 6.09. The van der Waals surface area contributed by atoms with Crippen molar-refractivity contribution in [2.45, 2.75) is 24.4 Å². The molecular weight excluding hydrogens is 534 g/mol. The zero-order valence-electron chi connectivity index (χ0n) is 18.6. The van der Waals surface area contributed by atoms with Gasteiger partial charge in [-0.25, -0.2) is 4.79 Å². The van der Waals surface area contributed by atoms with Crippen LogP contribution in [-0.4, -0.2) is 59.4 Å². The largest absolute Gasteiger partial charge is 0.456 e. The summed E-state index contributed by atoms with van der Waals surface area (Å²) in [6.45, 7) is -0.284. The number of amides is 2.